The summed E-state index contributed by atoms with van der Waals surface area (Å²) in [7, 11) is 2.09. The lowest BCUT2D eigenvalue weighted by Crippen LogP contribution is -2.36. The van der Waals surface area contributed by atoms with E-state index >= 15 is 0 Å². The highest BCUT2D eigenvalue weighted by Gasteiger charge is 2.19. The molecule has 0 aromatic heterocycles. The first-order chi connectivity index (χ1) is 6.58. The minimum absolute atomic E-state index is 0.0180. The fraction of sp³-hybridized carbons (Fsp3) is 0.900. The van der Waals surface area contributed by atoms with Crippen molar-refractivity contribution in [2.75, 3.05) is 26.7 Å². The first kappa shape index (κ1) is 11.5. The molecule has 1 rings (SSSR count). The van der Waals surface area contributed by atoms with Crippen LogP contribution in [0.25, 0.3) is 0 Å². The van der Waals surface area contributed by atoms with Crippen molar-refractivity contribution >= 4 is 5.97 Å². The summed E-state index contributed by atoms with van der Waals surface area (Å²) in [5.41, 5.74) is 0. The van der Waals surface area contributed by atoms with E-state index in [1.807, 2.05) is 13.8 Å². The van der Waals surface area contributed by atoms with Crippen LogP contribution in [-0.4, -0.2) is 49.7 Å². The molecule has 1 N–H and O–H groups in total. The summed E-state index contributed by atoms with van der Waals surface area (Å²) in [6.07, 6.45) is 1.10. The molecule has 0 saturated carbocycles. The summed E-state index contributed by atoms with van der Waals surface area (Å²) in [5, 5.41) is 3.20. The number of carbonyl (C=O) groups excluding carboxylic acids is 1. The molecule has 4 nitrogen and oxygen atoms in total. The number of likely N-dealkylation sites (N-methyl/N-ethyl adjacent to an activating group) is 1. The zero-order chi connectivity index (χ0) is 10.6. The van der Waals surface area contributed by atoms with Crippen molar-refractivity contribution in [2.24, 2.45) is 0 Å². The molecule has 14 heavy (non-hydrogen) atoms. The average molecular weight is 200 g/mol. The molecule has 0 aromatic rings. The molecular formula is C10H20N2O2. The lowest BCUT2D eigenvalue weighted by atomic mass is 10.2. The highest BCUT2D eigenvalue weighted by atomic mass is 16.5. The van der Waals surface area contributed by atoms with Gasteiger partial charge in [0.05, 0.1) is 12.6 Å². The fourth-order valence-corrected chi connectivity index (χ4v) is 1.63. The highest BCUT2D eigenvalue weighted by molar-refractivity contribution is 5.71. The Balaban J connectivity index is 2.11. The first-order valence-electron chi connectivity index (χ1n) is 5.19. The molecule has 0 amide bonds. The minimum Gasteiger partial charge on any atom is -0.462 e. The van der Waals surface area contributed by atoms with Gasteiger partial charge in [-0.25, -0.2) is 0 Å². The molecule has 1 heterocycles. The second-order valence-corrected chi connectivity index (χ2v) is 4.17. The number of esters is 1. The average Bonchev–Trinajstić information content (AvgIpc) is 2.47. The van der Waals surface area contributed by atoms with Gasteiger partial charge in [-0.1, -0.05) is 0 Å². The van der Waals surface area contributed by atoms with Crippen molar-refractivity contribution in [2.45, 2.75) is 32.4 Å². The van der Waals surface area contributed by atoms with Gasteiger partial charge in [0, 0.05) is 12.6 Å². The van der Waals surface area contributed by atoms with Crippen LogP contribution in [0.5, 0.6) is 0 Å². The molecule has 1 aliphatic rings. The fourth-order valence-electron chi connectivity index (χ4n) is 1.63. The molecule has 1 atom stereocenters. The number of ether oxygens (including phenoxy) is 1. The smallest absolute Gasteiger partial charge is 0.320 e. The summed E-state index contributed by atoms with van der Waals surface area (Å²) in [5.74, 6) is -0.158. The van der Waals surface area contributed by atoms with E-state index in [4.69, 9.17) is 4.74 Å². The van der Waals surface area contributed by atoms with Gasteiger partial charge < -0.3 is 15.0 Å². The van der Waals surface area contributed by atoms with Crippen LogP contribution in [0.3, 0.4) is 0 Å². The van der Waals surface area contributed by atoms with Crippen LogP contribution >= 0.6 is 0 Å². The van der Waals surface area contributed by atoms with E-state index in [-0.39, 0.29) is 12.1 Å². The van der Waals surface area contributed by atoms with Crippen molar-refractivity contribution in [3.05, 3.63) is 0 Å². The van der Waals surface area contributed by atoms with Gasteiger partial charge in [0.2, 0.25) is 0 Å². The van der Waals surface area contributed by atoms with Gasteiger partial charge in [0.1, 0.15) is 0 Å². The van der Waals surface area contributed by atoms with Crippen LogP contribution in [0.15, 0.2) is 0 Å². The zero-order valence-corrected chi connectivity index (χ0v) is 9.25. The van der Waals surface area contributed by atoms with Crippen LogP contribution in [0.4, 0.5) is 0 Å². The largest absolute Gasteiger partial charge is 0.462 e. The van der Waals surface area contributed by atoms with Gasteiger partial charge in [0.15, 0.2) is 0 Å². The molecule has 1 aliphatic heterocycles. The number of rotatable bonds is 4. The lowest BCUT2D eigenvalue weighted by Gasteiger charge is -2.13. The number of hydrogen-bond acceptors (Lipinski definition) is 4. The molecule has 1 saturated heterocycles. The van der Waals surface area contributed by atoms with Gasteiger partial charge in [0.25, 0.3) is 0 Å². The Morgan fingerprint density at radius 3 is 2.86 bits per heavy atom. The Morgan fingerprint density at radius 2 is 2.36 bits per heavy atom. The molecule has 0 bridgehead atoms. The monoisotopic (exact) mass is 200 g/mol. The van der Waals surface area contributed by atoms with Crippen molar-refractivity contribution in [3.8, 4) is 0 Å². The summed E-state index contributed by atoms with van der Waals surface area (Å²) in [6, 6.07) is 0.444. The minimum atomic E-state index is -0.158. The summed E-state index contributed by atoms with van der Waals surface area (Å²) in [6.45, 7) is 6.19. The van der Waals surface area contributed by atoms with Gasteiger partial charge in [-0.15, -0.1) is 0 Å². The maximum atomic E-state index is 11.2. The van der Waals surface area contributed by atoms with Gasteiger partial charge >= 0.3 is 5.97 Å². The van der Waals surface area contributed by atoms with E-state index in [1.54, 1.807) is 0 Å². The quantitative estimate of drug-likeness (QED) is 0.660. The summed E-state index contributed by atoms with van der Waals surface area (Å²) < 4.78 is 5.02. The third-order valence-electron chi connectivity index (χ3n) is 2.29. The van der Waals surface area contributed by atoms with E-state index in [0.29, 0.717) is 12.6 Å². The van der Waals surface area contributed by atoms with Gasteiger partial charge in [-0.2, -0.15) is 0 Å². The van der Waals surface area contributed by atoms with Crippen LogP contribution in [0.2, 0.25) is 0 Å². The number of carbonyl (C=O) groups is 1. The van der Waals surface area contributed by atoms with Crippen molar-refractivity contribution in [3.63, 3.8) is 0 Å². The Morgan fingerprint density at radius 1 is 1.64 bits per heavy atom. The van der Waals surface area contributed by atoms with Crippen LogP contribution in [0.1, 0.15) is 20.3 Å². The highest BCUT2D eigenvalue weighted by Crippen LogP contribution is 2.05. The molecule has 0 spiro atoms. The predicted molar refractivity (Wildman–Crippen MR) is 55.1 cm³/mol. The molecule has 0 aromatic carbocycles. The van der Waals surface area contributed by atoms with Crippen molar-refractivity contribution in [1.29, 1.82) is 0 Å². The third kappa shape index (κ3) is 4.07. The predicted octanol–water partition coefficient (Wildman–Crippen LogP) is 0.232. The molecular weight excluding hydrogens is 180 g/mol. The molecule has 0 aliphatic carbocycles. The van der Waals surface area contributed by atoms with E-state index in [0.717, 1.165) is 19.5 Å². The maximum absolute atomic E-state index is 11.2. The lowest BCUT2D eigenvalue weighted by molar-refractivity contribution is -0.146. The standard InChI is InChI=1S/C10H20N2O2/c1-8(2)14-10(13)6-11-9-4-5-12(3)7-9/h8-9,11H,4-7H2,1-3H3. The van der Waals surface area contributed by atoms with Crippen LogP contribution in [-0.2, 0) is 9.53 Å². The Kier molecular flexibility index (Phi) is 4.35. The van der Waals surface area contributed by atoms with Crippen molar-refractivity contribution in [1.82, 2.24) is 10.2 Å². The van der Waals surface area contributed by atoms with E-state index < -0.39 is 0 Å². The SMILES string of the molecule is CC(C)OC(=O)CNC1CCN(C)C1. The third-order valence-corrected chi connectivity index (χ3v) is 2.29. The van der Waals surface area contributed by atoms with Gasteiger partial charge in [-0.3, -0.25) is 4.79 Å². The molecule has 1 fully saturated rings. The van der Waals surface area contributed by atoms with E-state index in [2.05, 4.69) is 17.3 Å². The molecule has 4 heteroatoms. The second kappa shape index (κ2) is 5.32. The number of likely N-dealkylation sites (tertiary alicyclic amines) is 1. The summed E-state index contributed by atoms with van der Waals surface area (Å²) >= 11 is 0. The first-order valence-corrected chi connectivity index (χ1v) is 5.19. The number of nitrogens with one attached hydrogen (secondary N) is 1. The zero-order valence-electron chi connectivity index (χ0n) is 9.25. The molecule has 1 unspecified atom stereocenters. The maximum Gasteiger partial charge on any atom is 0.320 e. The molecule has 0 radical (unpaired) electrons. The normalized spacial score (nSPS) is 23.0. The topological polar surface area (TPSA) is 41.6 Å². The number of nitrogens with zero attached hydrogens (tertiary/aromatic N) is 1. The Bertz CT molecular complexity index is 195. The number of hydrogen-bond donors (Lipinski definition) is 1. The van der Waals surface area contributed by atoms with Crippen molar-refractivity contribution < 1.29 is 9.53 Å². The Hall–Kier alpha value is -0.610. The van der Waals surface area contributed by atoms with Crippen LogP contribution in [0, 0.1) is 0 Å². The molecule has 82 valence electrons. The second-order valence-electron chi connectivity index (χ2n) is 4.17. The van der Waals surface area contributed by atoms with E-state index in [9.17, 15) is 4.79 Å². The van der Waals surface area contributed by atoms with E-state index in [1.165, 1.54) is 0 Å². The van der Waals surface area contributed by atoms with Crippen LogP contribution < -0.4 is 5.32 Å². The summed E-state index contributed by atoms with van der Waals surface area (Å²) in [4.78, 5) is 13.4. The Labute approximate surface area is 85.6 Å². The van der Waals surface area contributed by atoms with Gasteiger partial charge in [-0.05, 0) is 33.9 Å².